The Morgan fingerprint density at radius 3 is 2.81 bits per heavy atom. The first-order chi connectivity index (χ1) is 13.0. The molecule has 27 heavy (non-hydrogen) atoms. The lowest BCUT2D eigenvalue weighted by Crippen LogP contribution is -2.52. The van der Waals surface area contributed by atoms with Gasteiger partial charge in [0.1, 0.15) is 6.04 Å². The van der Waals surface area contributed by atoms with Crippen molar-refractivity contribution in [3.05, 3.63) is 34.9 Å². The van der Waals surface area contributed by atoms with Crippen LogP contribution in [0.15, 0.2) is 18.2 Å². The zero-order valence-corrected chi connectivity index (χ0v) is 15.1. The quantitative estimate of drug-likeness (QED) is 0.605. The molecule has 4 N–H and O–H groups in total. The number of hydrogen-bond donors (Lipinski definition) is 3. The van der Waals surface area contributed by atoms with Gasteiger partial charge in [0.05, 0.1) is 6.10 Å². The SMILES string of the molecule is NC[C@H]1C[C@@H](O)CN1Cc1ccc2c(c1)C(=O)N(C1CCC(=O)NC1=O)C2. The number of aliphatic hydroxyl groups is 1. The van der Waals surface area contributed by atoms with E-state index in [2.05, 4.69) is 10.2 Å². The molecule has 0 aliphatic carbocycles. The molecule has 0 saturated carbocycles. The maximum absolute atomic E-state index is 12.9. The first-order valence-corrected chi connectivity index (χ1v) is 9.35. The van der Waals surface area contributed by atoms with Crippen molar-refractivity contribution in [2.24, 2.45) is 5.73 Å². The van der Waals surface area contributed by atoms with Gasteiger partial charge in [-0.05, 0) is 30.0 Å². The number of benzene rings is 1. The van der Waals surface area contributed by atoms with Crippen LogP contribution >= 0.6 is 0 Å². The van der Waals surface area contributed by atoms with Crippen molar-refractivity contribution >= 4 is 17.7 Å². The Balaban J connectivity index is 1.50. The number of aliphatic hydroxyl groups excluding tert-OH is 1. The molecule has 144 valence electrons. The summed E-state index contributed by atoms with van der Waals surface area (Å²) in [6, 6.07) is 5.34. The highest BCUT2D eigenvalue weighted by Gasteiger charge is 2.39. The Morgan fingerprint density at radius 2 is 2.07 bits per heavy atom. The lowest BCUT2D eigenvalue weighted by atomic mass is 10.0. The first kappa shape index (κ1) is 18.1. The lowest BCUT2D eigenvalue weighted by molar-refractivity contribution is -0.136. The minimum absolute atomic E-state index is 0.143. The number of β-amino-alcohol motifs (C(OH)–C–C–N with tert-alkyl or cyclic N) is 1. The number of nitrogens with one attached hydrogen (secondary N) is 1. The van der Waals surface area contributed by atoms with Crippen molar-refractivity contribution in [1.29, 1.82) is 0 Å². The first-order valence-electron chi connectivity index (χ1n) is 9.35. The van der Waals surface area contributed by atoms with Crippen LogP contribution in [0, 0.1) is 0 Å². The van der Waals surface area contributed by atoms with E-state index in [0.717, 1.165) is 11.1 Å². The largest absolute Gasteiger partial charge is 0.392 e. The average molecular weight is 372 g/mol. The van der Waals surface area contributed by atoms with E-state index in [1.54, 1.807) is 4.90 Å². The van der Waals surface area contributed by atoms with Gasteiger partial charge in [0.2, 0.25) is 11.8 Å². The van der Waals surface area contributed by atoms with Crippen molar-refractivity contribution in [3.63, 3.8) is 0 Å². The van der Waals surface area contributed by atoms with Crippen LogP contribution in [0.4, 0.5) is 0 Å². The summed E-state index contributed by atoms with van der Waals surface area (Å²) in [5, 5.41) is 12.2. The Kier molecular flexibility index (Phi) is 4.71. The van der Waals surface area contributed by atoms with E-state index in [1.165, 1.54) is 0 Å². The third-order valence-electron chi connectivity index (χ3n) is 5.76. The molecule has 0 aromatic heterocycles. The molecule has 2 fully saturated rings. The number of likely N-dealkylation sites (tertiary alicyclic amines) is 1. The number of nitrogens with zero attached hydrogens (tertiary/aromatic N) is 2. The van der Waals surface area contributed by atoms with Crippen LogP contribution in [-0.4, -0.2) is 63.9 Å². The molecule has 0 bridgehead atoms. The van der Waals surface area contributed by atoms with Crippen molar-refractivity contribution in [3.8, 4) is 0 Å². The minimum Gasteiger partial charge on any atom is -0.392 e. The molecule has 4 rings (SSSR count). The third kappa shape index (κ3) is 3.36. The summed E-state index contributed by atoms with van der Waals surface area (Å²) in [6.07, 6.45) is 0.919. The number of piperidine rings is 1. The number of rotatable bonds is 4. The molecule has 8 nitrogen and oxygen atoms in total. The smallest absolute Gasteiger partial charge is 0.255 e. The summed E-state index contributed by atoms with van der Waals surface area (Å²) >= 11 is 0. The monoisotopic (exact) mass is 372 g/mol. The maximum Gasteiger partial charge on any atom is 0.255 e. The van der Waals surface area contributed by atoms with Crippen molar-refractivity contribution in [1.82, 2.24) is 15.1 Å². The molecular formula is C19H24N4O4. The van der Waals surface area contributed by atoms with Gasteiger partial charge in [-0.1, -0.05) is 12.1 Å². The number of imide groups is 1. The van der Waals surface area contributed by atoms with Gasteiger partial charge in [-0.25, -0.2) is 0 Å². The molecule has 3 aliphatic rings. The second kappa shape index (κ2) is 7.03. The molecule has 3 aliphatic heterocycles. The highest BCUT2D eigenvalue weighted by Crippen LogP contribution is 2.29. The zero-order chi connectivity index (χ0) is 19.1. The van der Waals surface area contributed by atoms with E-state index >= 15 is 0 Å². The highest BCUT2D eigenvalue weighted by atomic mass is 16.3. The predicted molar refractivity (Wildman–Crippen MR) is 96.4 cm³/mol. The van der Waals surface area contributed by atoms with Gasteiger partial charge in [-0.2, -0.15) is 0 Å². The topological polar surface area (TPSA) is 116 Å². The predicted octanol–water partition coefficient (Wildman–Crippen LogP) is -0.658. The van der Waals surface area contributed by atoms with Gasteiger partial charge in [0.15, 0.2) is 0 Å². The average Bonchev–Trinajstić information content (AvgIpc) is 3.15. The van der Waals surface area contributed by atoms with Crippen LogP contribution in [0.2, 0.25) is 0 Å². The zero-order valence-electron chi connectivity index (χ0n) is 15.1. The van der Waals surface area contributed by atoms with E-state index in [9.17, 15) is 19.5 Å². The maximum atomic E-state index is 12.9. The Labute approximate surface area is 157 Å². The van der Waals surface area contributed by atoms with E-state index in [-0.39, 0.29) is 30.4 Å². The third-order valence-corrected chi connectivity index (χ3v) is 5.76. The summed E-state index contributed by atoms with van der Waals surface area (Å²) in [6.45, 7) is 2.08. The van der Waals surface area contributed by atoms with Gasteiger partial charge in [0.25, 0.3) is 5.91 Å². The molecule has 3 atom stereocenters. The van der Waals surface area contributed by atoms with E-state index < -0.39 is 11.9 Å². The Morgan fingerprint density at radius 1 is 1.26 bits per heavy atom. The molecule has 3 heterocycles. The fraction of sp³-hybridized carbons (Fsp3) is 0.526. The standard InChI is InChI=1S/C19H24N4O4/c20-7-13-6-14(24)10-22(13)8-11-1-2-12-9-23(19(27)15(12)5-11)16-3-4-17(25)21-18(16)26/h1-2,5,13-14,16,24H,3-4,6-10,20H2,(H,21,25,26)/t13-,14-,16?/m1/s1. The fourth-order valence-corrected chi connectivity index (χ4v) is 4.33. The van der Waals surface area contributed by atoms with Crippen molar-refractivity contribution in [2.45, 2.75) is 50.5 Å². The molecule has 1 aromatic carbocycles. The van der Waals surface area contributed by atoms with Gasteiger partial charge in [-0.3, -0.25) is 24.6 Å². The molecule has 1 aromatic rings. The molecule has 1 unspecified atom stereocenters. The molecule has 0 radical (unpaired) electrons. The molecule has 3 amide bonds. The summed E-state index contributed by atoms with van der Waals surface area (Å²) in [5.41, 5.74) is 8.29. The summed E-state index contributed by atoms with van der Waals surface area (Å²) < 4.78 is 0. The van der Waals surface area contributed by atoms with Crippen LogP contribution in [-0.2, 0) is 22.7 Å². The number of fused-ring (bicyclic) bond motifs is 1. The molecule has 2 saturated heterocycles. The fourth-order valence-electron chi connectivity index (χ4n) is 4.33. The second-order valence-electron chi connectivity index (χ2n) is 7.60. The van der Waals surface area contributed by atoms with Gasteiger partial charge >= 0.3 is 0 Å². The number of carbonyl (C=O) groups is 3. The minimum atomic E-state index is -0.596. The summed E-state index contributed by atoms with van der Waals surface area (Å²) in [4.78, 5) is 40.0. The highest BCUT2D eigenvalue weighted by molar-refractivity contribution is 6.05. The normalized spacial score (nSPS) is 28.6. The van der Waals surface area contributed by atoms with Gasteiger partial charge < -0.3 is 15.7 Å². The Hall–Kier alpha value is -2.29. The van der Waals surface area contributed by atoms with Crippen LogP contribution in [0.1, 0.15) is 40.7 Å². The second-order valence-corrected chi connectivity index (χ2v) is 7.60. The molecule has 0 spiro atoms. The lowest BCUT2D eigenvalue weighted by Gasteiger charge is -2.29. The van der Waals surface area contributed by atoms with E-state index in [1.807, 2.05) is 18.2 Å². The van der Waals surface area contributed by atoms with Crippen LogP contribution in [0.25, 0.3) is 0 Å². The van der Waals surface area contributed by atoms with Crippen LogP contribution in [0.3, 0.4) is 0 Å². The summed E-state index contributed by atoms with van der Waals surface area (Å²) in [5.74, 6) is -0.854. The Bertz CT molecular complexity index is 796. The van der Waals surface area contributed by atoms with E-state index in [4.69, 9.17) is 5.73 Å². The van der Waals surface area contributed by atoms with Gasteiger partial charge in [0, 0.05) is 44.2 Å². The molecular weight excluding hydrogens is 348 g/mol. The van der Waals surface area contributed by atoms with Gasteiger partial charge in [-0.15, -0.1) is 0 Å². The number of nitrogens with two attached hydrogens (primary N) is 1. The van der Waals surface area contributed by atoms with Crippen molar-refractivity contribution < 1.29 is 19.5 Å². The van der Waals surface area contributed by atoms with Crippen LogP contribution in [0.5, 0.6) is 0 Å². The number of hydrogen-bond acceptors (Lipinski definition) is 6. The number of amides is 3. The van der Waals surface area contributed by atoms with Crippen LogP contribution < -0.4 is 11.1 Å². The van der Waals surface area contributed by atoms with E-state index in [0.29, 0.717) is 44.6 Å². The summed E-state index contributed by atoms with van der Waals surface area (Å²) in [7, 11) is 0. The number of carbonyl (C=O) groups excluding carboxylic acids is 3. The van der Waals surface area contributed by atoms with Crippen molar-refractivity contribution in [2.75, 3.05) is 13.1 Å². The molecule has 8 heteroatoms.